The van der Waals surface area contributed by atoms with Crippen molar-refractivity contribution in [2.45, 2.75) is 13.5 Å². The highest BCUT2D eigenvalue weighted by molar-refractivity contribution is 5.89. The van der Waals surface area contributed by atoms with Gasteiger partial charge in [0.2, 0.25) is 0 Å². The summed E-state index contributed by atoms with van der Waals surface area (Å²) in [7, 11) is 3.12. The minimum Gasteiger partial charge on any atom is -0.493 e. The first-order valence-corrected chi connectivity index (χ1v) is 6.95. The second-order valence-corrected chi connectivity index (χ2v) is 4.86. The van der Waals surface area contributed by atoms with Crippen LogP contribution in [0.25, 0.3) is 0 Å². The zero-order chi connectivity index (χ0) is 15.9. The van der Waals surface area contributed by atoms with Crippen molar-refractivity contribution in [1.29, 1.82) is 0 Å². The Bertz CT molecular complexity index is 639. The van der Waals surface area contributed by atoms with Crippen molar-refractivity contribution in [3.8, 4) is 11.5 Å². The van der Waals surface area contributed by atoms with Gasteiger partial charge < -0.3 is 20.1 Å². The molecule has 0 heterocycles. The molecule has 2 aromatic carbocycles. The van der Waals surface area contributed by atoms with Gasteiger partial charge in [-0.25, -0.2) is 4.79 Å². The molecule has 0 saturated heterocycles. The quantitative estimate of drug-likeness (QED) is 0.890. The van der Waals surface area contributed by atoms with Crippen molar-refractivity contribution in [2.24, 2.45) is 0 Å². The van der Waals surface area contributed by atoms with Gasteiger partial charge >= 0.3 is 6.03 Å². The van der Waals surface area contributed by atoms with Gasteiger partial charge in [-0.3, -0.25) is 0 Å². The van der Waals surface area contributed by atoms with Crippen LogP contribution in [-0.2, 0) is 6.54 Å². The summed E-state index contributed by atoms with van der Waals surface area (Å²) in [6.45, 7) is 2.50. The molecule has 2 N–H and O–H groups in total. The van der Waals surface area contributed by atoms with Gasteiger partial charge in [0.15, 0.2) is 11.5 Å². The van der Waals surface area contributed by atoms with Crippen LogP contribution in [0.5, 0.6) is 11.5 Å². The average molecular weight is 300 g/mol. The molecular weight excluding hydrogens is 280 g/mol. The summed E-state index contributed by atoms with van der Waals surface area (Å²) >= 11 is 0. The average Bonchev–Trinajstić information content (AvgIpc) is 2.54. The predicted octanol–water partition coefficient (Wildman–Crippen LogP) is 3.33. The van der Waals surface area contributed by atoms with E-state index in [0.717, 1.165) is 5.56 Å². The Kier molecular flexibility index (Phi) is 5.25. The van der Waals surface area contributed by atoms with Crippen LogP contribution in [-0.4, -0.2) is 20.3 Å². The molecule has 0 aliphatic rings. The lowest BCUT2D eigenvalue weighted by molar-refractivity contribution is 0.251. The molecule has 5 nitrogen and oxygen atoms in total. The Balaban J connectivity index is 1.93. The number of anilines is 1. The normalized spacial score (nSPS) is 9.95. The van der Waals surface area contributed by atoms with Gasteiger partial charge in [-0.15, -0.1) is 0 Å². The van der Waals surface area contributed by atoms with E-state index >= 15 is 0 Å². The van der Waals surface area contributed by atoms with E-state index in [1.807, 2.05) is 31.2 Å². The van der Waals surface area contributed by atoms with Crippen molar-refractivity contribution < 1.29 is 14.3 Å². The Hall–Kier alpha value is -2.69. The van der Waals surface area contributed by atoms with Crippen molar-refractivity contribution >= 4 is 11.7 Å². The Morgan fingerprint density at radius 3 is 2.32 bits per heavy atom. The van der Waals surface area contributed by atoms with Gasteiger partial charge in [-0.1, -0.05) is 29.8 Å². The fourth-order valence-electron chi connectivity index (χ4n) is 1.98. The van der Waals surface area contributed by atoms with E-state index < -0.39 is 0 Å². The van der Waals surface area contributed by atoms with Gasteiger partial charge in [0.25, 0.3) is 0 Å². The maximum absolute atomic E-state index is 11.9. The number of hydrogen-bond donors (Lipinski definition) is 2. The highest BCUT2D eigenvalue weighted by Gasteiger charge is 2.07. The van der Waals surface area contributed by atoms with E-state index in [9.17, 15) is 4.79 Å². The summed E-state index contributed by atoms with van der Waals surface area (Å²) in [5.41, 5.74) is 2.88. The number of rotatable bonds is 5. The number of urea groups is 1. The molecule has 2 aromatic rings. The van der Waals surface area contributed by atoms with Crippen LogP contribution < -0.4 is 20.1 Å². The number of benzene rings is 2. The second kappa shape index (κ2) is 7.36. The molecule has 0 saturated carbocycles. The summed E-state index contributed by atoms with van der Waals surface area (Å²) in [6.07, 6.45) is 0. The van der Waals surface area contributed by atoms with E-state index in [4.69, 9.17) is 9.47 Å². The lowest BCUT2D eigenvalue weighted by atomic mass is 10.1. The van der Waals surface area contributed by atoms with Crippen molar-refractivity contribution in [3.05, 3.63) is 53.6 Å². The number of carbonyl (C=O) groups excluding carboxylic acids is 1. The van der Waals surface area contributed by atoms with Crippen LogP contribution in [0.3, 0.4) is 0 Å². The van der Waals surface area contributed by atoms with Gasteiger partial charge in [-0.2, -0.15) is 0 Å². The zero-order valence-electron chi connectivity index (χ0n) is 13.0. The fraction of sp³-hybridized carbons (Fsp3) is 0.235. The van der Waals surface area contributed by atoms with Crippen LogP contribution in [0.15, 0.2) is 42.5 Å². The standard InChI is InChI=1S/C17H20N2O3/c1-12-4-6-13(7-5-12)11-18-17(20)19-14-8-9-15(21-2)16(10-14)22-3/h4-10H,11H2,1-3H3,(H2,18,19,20). The third kappa shape index (κ3) is 4.15. The first-order chi connectivity index (χ1) is 10.6. The van der Waals surface area contributed by atoms with Gasteiger partial charge in [0.1, 0.15) is 0 Å². The molecule has 0 unspecified atom stereocenters. The zero-order valence-corrected chi connectivity index (χ0v) is 13.0. The number of amides is 2. The topological polar surface area (TPSA) is 59.6 Å². The van der Waals surface area contributed by atoms with Crippen molar-refractivity contribution in [1.82, 2.24) is 5.32 Å². The number of methoxy groups -OCH3 is 2. The highest BCUT2D eigenvalue weighted by atomic mass is 16.5. The lowest BCUT2D eigenvalue weighted by Gasteiger charge is -2.11. The molecule has 5 heteroatoms. The summed E-state index contributed by atoms with van der Waals surface area (Å²) < 4.78 is 10.4. The van der Waals surface area contributed by atoms with Crippen LogP contribution in [0, 0.1) is 6.92 Å². The van der Waals surface area contributed by atoms with Crippen molar-refractivity contribution in [3.63, 3.8) is 0 Å². The Morgan fingerprint density at radius 2 is 1.68 bits per heavy atom. The molecule has 0 bridgehead atoms. The number of hydrogen-bond acceptors (Lipinski definition) is 3. The summed E-state index contributed by atoms with van der Waals surface area (Å²) in [6, 6.07) is 13.0. The molecule has 0 aromatic heterocycles. The third-order valence-electron chi connectivity index (χ3n) is 3.22. The second-order valence-electron chi connectivity index (χ2n) is 4.86. The Labute approximate surface area is 130 Å². The smallest absolute Gasteiger partial charge is 0.319 e. The summed E-state index contributed by atoms with van der Waals surface area (Å²) in [4.78, 5) is 11.9. The predicted molar refractivity (Wildman–Crippen MR) is 86.6 cm³/mol. The van der Waals surface area contributed by atoms with Crippen LogP contribution >= 0.6 is 0 Å². The summed E-state index contributed by atoms with van der Waals surface area (Å²) in [5.74, 6) is 1.19. The van der Waals surface area contributed by atoms with Crippen LogP contribution in [0.1, 0.15) is 11.1 Å². The number of nitrogens with one attached hydrogen (secondary N) is 2. The molecule has 0 aliphatic heterocycles. The van der Waals surface area contributed by atoms with E-state index in [0.29, 0.717) is 23.7 Å². The minimum absolute atomic E-state index is 0.271. The molecule has 0 fully saturated rings. The maximum atomic E-state index is 11.9. The molecule has 0 spiro atoms. The molecule has 2 amide bonds. The van der Waals surface area contributed by atoms with Gasteiger partial charge in [-0.05, 0) is 24.6 Å². The number of aryl methyl sites for hydroxylation is 1. The molecule has 22 heavy (non-hydrogen) atoms. The monoisotopic (exact) mass is 300 g/mol. The molecule has 2 rings (SSSR count). The number of carbonyl (C=O) groups is 1. The first kappa shape index (κ1) is 15.7. The molecule has 0 aliphatic carbocycles. The van der Waals surface area contributed by atoms with E-state index in [1.165, 1.54) is 5.56 Å². The lowest BCUT2D eigenvalue weighted by Crippen LogP contribution is -2.28. The molecule has 116 valence electrons. The van der Waals surface area contributed by atoms with E-state index in [-0.39, 0.29) is 6.03 Å². The first-order valence-electron chi connectivity index (χ1n) is 6.95. The fourth-order valence-corrected chi connectivity index (χ4v) is 1.98. The van der Waals surface area contributed by atoms with Gasteiger partial charge in [0, 0.05) is 18.3 Å². The highest BCUT2D eigenvalue weighted by Crippen LogP contribution is 2.29. The molecule has 0 radical (unpaired) electrons. The SMILES string of the molecule is COc1ccc(NC(=O)NCc2ccc(C)cc2)cc1OC. The molecular formula is C17H20N2O3. The van der Waals surface area contributed by atoms with Crippen molar-refractivity contribution in [2.75, 3.05) is 19.5 Å². The van der Waals surface area contributed by atoms with E-state index in [2.05, 4.69) is 10.6 Å². The third-order valence-corrected chi connectivity index (χ3v) is 3.22. The largest absolute Gasteiger partial charge is 0.493 e. The molecule has 0 atom stereocenters. The van der Waals surface area contributed by atoms with Crippen LogP contribution in [0.2, 0.25) is 0 Å². The Morgan fingerprint density at radius 1 is 1.00 bits per heavy atom. The maximum Gasteiger partial charge on any atom is 0.319 e. The minimum atomic E-state index is -0.271. The van der Waals surface area contributed by atoms with Crippen LogP contribution in [0.4, 0.5) is 10.5 Å². The van der Waals surface area contributed by atoms with Gasteiger partial charge in [0.05, 0.1) is 14.2 Å². The summed E-state index contributed by atoms with van der Waals surface area (Å²) in [5, 5.41) is 5.57. The van der Waals surface area contributed by atoms with E-state index in [1.54, 1.807) is 32.4 Å². The number of ether oxygens (including phenoxy) is 2.